The molecule has 1 atom stereocenters. The molecular formula is C14H18Br3NO. The van der Waals surface area contributed by atoms with E-state index >= 15 is 0 Å². The Hall–Kier alpha value is 0.130. The summed E-state index contributed by atoms with van der Waals surface area (Å²) in [5.41, 5.74) is 0.658. The van der Waals surface area contributed by atoms with Crippen molar-refractivity contribution in [2.75, 3.05) is 6.54 Å². The summed E-state index contributed by atoms with van der Waals surface area (Å²) in [6.45, 7) is 5.00. The zero-order chi connectivity index (χ0) is 14.4. The largest absolute Gasteiger partial charge is 0.351 e. The molecule has 0 spiro atoms. The molecule has 0 saturated heterocycles. The third-order valence-corrected chi connectivity index (χ3v) is 5.13. The Morgan fingerprint density at radius 3 is 2.16 bits per heavy atom. The fourth-order valence-corrected chi connectivity index (χ4v) is 4.15. The first-order valence-corrected chi connectivity index (χ1v) is 8.86. The maximum atomic E-state index is 12.1. The van der Waals surface area contributed by atoms with Crippen LogP contribution in [0.3, 0.4) is 0 Å². The summed E-state index contributed by atoms with van der Waals surface area (Å²) < 4.78 is 1.78. The molecule has 0 aliphatic rings. The maximum absolute atomic E-state index is 12.1. The molecule has 0 fully saturated rings. The van der Waals surface area contributed by atoms with Gasteiger partial charge in [-0.2, -0.15) is 0 Å². The first kappa shape index (κ1) is 17.2. The predicted molar refractivity (Wildman–Crippen MR) is 91.0 cm³/mol. The second-order valence-electron chi connectivity index (χ2n) is 4.46. The third-order valence-electron chi connectivity index (χ3n) is 3.14. The SMILES string of the molecule is CCC(CC)C(Br)CNC(=O)c1cc(Br)cc(Br)c1. The molecule has 1 amide bonds. The van der Waals surface area contributed by atoms with Crippen molar-refractivity contribution in [1.82, 2.24) is 5.32 Å². The van der Waals surface area contributed by atoms with Gasteiger partial charge in [-0.25, -0.2) is 0 Å². The molecule has 1 aromatic rings. The number of amides is 1. The lowest BCUT2D eigenvalue weighted by molar-refractivity contribution is 0.0952. The molecule has 5 heteroatoms. The van der Waals surface area contributed by atoms with Crippen LogP contribution in [-0.2, 0) is 0 Å². The molecule has 0 saturated carbocycles. The summed E-state index contributed by atoms with van der Waals surface area (Å²) in [4.78, 5) is 12.4. The molecule has 19 heavy (non-hydrogen) atoms. The number of hydrogen-bond donors (Lipinski definition) is 1. The van der Waals surface area contributed by atoms with Crippen LogP contribution in [0.5, 0.6) is 0 Å². The Morgan fingerprint density at radius 1 is 1.16 bits per heavy atom. The van der Waals surface area contributed by atoms with E-state index in [1.807, 2.05) is 18.2 Å². The highest BCUT2D eigenvalue weighted by Gasteiger charge is 2.16. The van der Waals surface area contributed by atoms with Crippen LogP contribution < -0.4 is 5.32 Å². The van der Waals surface area contributed by atoms with Crippen molar-refractivity contribution in [3.05, 3.63) is 32.7 Å². The number of nitrogens with one attached hydrogen (secondary N) is 1. The Morgan fingerprint density at radius 2 is 1.68 bits per heavy atom. The molecule has 0 heterocycles. The lowest BCUT2D eigenvalue weighted by atomic mass is 9.99. The van der Waals surface area contributed by atoms with E-state index in [9.17, 15) is 4.79 Å². The number of benzene rings is 1. The molecule has 0 aliphatic carbocycles. The van der Waals surface area contributed by atoms with E-state index in [0.717, 1.165) is 21.8 Å². The van der Waals surface area contributed by atoms with Crippen molar-refractivity contribution in [3.8, 4) is 0 Å². The van der Waals surface area contributed by atoms with Gasteiger partial charge in [-0.05, 0) is 24.1 Å². The van der Waals surface area contributed by atoms with Gasteiger partial charge >= 0.3 is 0 Å². The van der Waals surface area contributed by atoms with Gasteiger partial charge < -0.3 is 5.32 Å². The van der Waals surface area contributed by atoms with Crippen LogP contribution in [0, 0.1) is 5.92 Å². The molecule has 2 nitrogen and oxygen atoms in total. The zero-order valence-corrected chi connectivity index (χ0v) is 15.8. The quantitative estimate of drug-likeness (QED) is 0.591. The highest BCUT2D eigenvalue weighted by molar-refractivity contribution is 9.11. The van der Waals surface area contributed by atoms with Gasteiger partial charge in [0.05, 0.1) is 0 Å². The maximum Gasteiger partial charge on any atom is 0.251 e. The molecule has 1 unspecified atom stereocenters. The normalized spacial score (nSPS) is 12.5. The standard InChI is InChI=1S/C14H18Br3NO/c1-3-9(4-2)13(17)8-18-14(19)10-5-11(15)7-12(16)6-10/h5-7,9,13H,3-4,8H2,1-2H3,(H,18,19). The van der Waals surface area contributed by atoms with Gasteiger partial charge in [-0.1, -0.05) is 74.5 Å². The van der Waals surface area contributed by atoms with Gasteiger partial charge in [-0.3, -0.25) is 4.79 Å². The minimum absolute atomic E-state index is 0.0441. The van der Waals surface area contributed by atoms with Gasteiger partial charge in [0.25, 0.3) is 5.91 Å². The second-order valence-corrected chi connectivity index (χ2v) is 7.47. The lowest BCUT2D eigenvalue weighted by Crippen LogP contribution is -2.32. The van der Waals surface area contributed by atoms with Gasteiger partial charge in [0.2, 0.25) is 0 Å². The van der Waals surface area contributed by atoms with Crippen LogP contribution in [0.2, 0.25) is 0 Å². The third kappa shape index (κ3) is 5.56. The topological polar surface area (TPSA) is 29.1 Å². The van der Waals surface area contributed by atoms with Crippen molar-refractivity contribution < 1.29 is 4.79 Å². The number of alkyl halides is 1. The summed E-state index contributed by atoms with van der Waals surface area (Å²) in [5, 5.41) is 2.97. The van der Waals surface area contributed by atoms with E-state index < -0.39 is 0 Å². The summed E-state index contributed by atoms with van der Waals surface area (Å²) >= 11 is 10.4. The number of hydrogen-bond acceptors (Lipinski definition) is 1. The highest BCUT2D eigenvalue weighted by Crippen LogP contribution is 2.21. The number of rotatable bonds is 6. The Bertz CT molecular complexity index is 412. The summed E-state index contributed by atoms with van der Waals surface area (Å²) in [7, 11) is 0. The monoisotopic (exact) mass is 453 g/mol. The number of carbonyl (C=O) groups is 1. The van der Waals surface area contributed by atoms with E-state index in [2.05, 4.69) is 67.0 Å². The summed E-state index contributed by atoms with van der Waals surface area (Å²) in [5.74, 6) is 0.548. The minimum Gasteiger partial charge on any atom is -0.351 e. The predicted octanol–water partition coefficient (Wildman–Crippen LogP) is 5.14. The van der Waals surface area contributed by atoms with Crippen LogP contribution in [0.1, 0.15) is 37.0 Å². The first-order chi connectivity index (χ1) is 8.97. The van der Waals surface area contributed by atoms with E-state index in [0.29, 0.717) is 22.9 Å². The zero-order valence-electron chi connectivity index (χ0n) is 11.1. The lowest BCUT2D eigenvalue weighted by Gasteiger charge is -2.20. The van der Waals surface area contributed by atoms with Gasteiger partial charge in [-0.15, -0.1) is 0 Å². The average molecular weight is 456 g/mol. The van der Waals surface area contributed by atoms with Crippen molar-refractivity contribution in [2.24, 2.45) is 5.92 Å². The molecular weight excluding hydrogens is 438 g/mol. The molecule has 1 rings (SSSR count). The minimum atomic E-state index is -0.0441. The fraction of sp³-hybridized carbons (Fsp3) is 0.500. The molecule has 1 aromatic carbocycles. The molecule has 0 bridgehead atoms. The van der Waals surface area contributed by atoms with E-state index in [1.54, 1.807) is 0 Å². The fourth-order valence-electron chi connectivity index (χ4n) is 1.94. The van der Waals surface area contributed by atoms with Gasteiger partial charge in [0.1, 0.15) is 0 Å². The van der Waals surface area contributed by atoms with Crippen LogP contribution in [0.4, 0.5) is 0 Å². The summed E-state index contributed by atoms with van der Waals surface area (Å²) in [6, 6.07) is 5.55. The van der Waals surface area contributed by atoms with E-state index in [-0.39, 0.29) is 5.91 Å². The van der Waals surface area contributed by atoms with Crippen LogP contribution in [0.15, 0.2) is 27.1 Å². The average Bonchev–Trinajstić information content (AvgIpc) is 2.36. The van der Waals surface area contributed by atoms with Gasteiger partial charge in [0, 0.05) is 25.9 Å². The number of halogens is 3. The van der Waals surface area contributed by atoms with Crippen molar-refractivity contribution in [2.45, 2.75) is 31.5 Å². The summed E-state index contributed by atoms with van der Waals surface area (Å²) in [6.07, 6.45) is 2.23. The Kier molecular flexibility index (Phi) is 7.62. The van der Waals surface area contributed by atoms with E-state index in [4.69, 9.17) is 0 Å². The Balaban J connectivity index is 2.60. The molecule has 0 radical (unpaired) electrons. The first-order valence-electron chi connectivity index (χ1n) is 6.36. The van der Waals surface area contributed by atoms with Crippen LogP contribution in [-0.4, -0.2) is 17.3 Å². The molecule has 0 aliphatic heterocycles. The molecule has 0 aromatic heterocycles. The van der Waals surface area contributed by atoms with Crippen molar-refractivity contribution >= 4 is 53.7 Å². The number of carbonyl (C=O) groups excluding carboxylic acids is 1. The highest BCUT2D eigenvalue weighted by atomic mass is 79.9. The van der Waals surface area contributed by atoms with Crippen LogP contribution >= 0.6 is 47.8 Å². The van der Waals surface area contributed by atoms with Crippen LogP contribution in [0.25, 0.3) is 0 Å². The Labute approximate surface area is 140 Å². The second kappa shape index (κ2) is 8.42. The molecule has 106 valence electrons. The van der Waals surface area contributed by atoms with Crippen molar-refractivity contribution in [3.63, 3.8) is 0 Å². The smallest absolute Gasteiger partial charge is 0.251 e. The molecule has 1 N–H and O–H groups in total. The van der Waals surface area contributed by atoms with E-state index in [1.165, 1.54) is 0 Å². The van der Waals surface area contributed by atoms with Crippen molar-refractivity contribution in [1.29, 1.82) is 0 Å². The van der Waals surface area contributed by atoms with Gasteiger partial charge in [0.15, 0.2) is 0 Å².